The van der Waals surface area contributed by atoms with E-state index in [1.165, 1.54) is 19.4 Å². The summed E-state index contributed by atoms with van der Waals surface area (Å²) in [6.07, 6.45) is 5.24. The van der Waals surface area contributed by atoms with E-state index in [0.717, 1.165) is 26.1 Å². The highest BCUT2D eigenvalue weighted by atomic mass is 32.2. The minimum absolute atomic E-state index is 0.255. The third kappa shape index (κ3) is 5.06. The van der Waals surface area contributed by atoms with Gasteiger partial charge in [-0.25, -0.2) is 0 Å². The van der Waals surface area contributed by atoms with Crippen molar-refractivity contribution >= 4 is 10.8 Å². The molecule has 0 aromatic heterocycles. The van der Waals surface area contributed by atoms with Crippen molar-refractivity contribution in [3.63, 3.8) is 0 Å². The molecule has 0 aliphatic carbocycles. The molecule has 0 bridgehead atoms. The molecule has 1 rings (SSSR count). The first-order chi connectivity index (χ1) is 7.97. The molecule has 1 aliphatic rings. The molecule has 0 aromatic rings. The molecule has 17 heavy (non-hydrogen) atoms. The first-order valence-corrected chi connectivity index (χ1v) is 8.38. The van der Waals surface area contributed by atoms with E-state index in [1.807, 2.05) is 6.26 Å². The quantitative estimate of drug-likeness (QED) is 0.815. The molecule has 0 spiro atoms. The second kappa shape index (κ2) is 6.86. The van der Waals surface area contributed by atoms with Gasteiger partial charge in [0.05, 0.1) is 0 Å². The predicted molar refractivity (Wildman–Crippen MR) is 75.9 cm³/mol. The van der Waals surface area contributed by atoms with Gasteiger partial charge in [-0.2, -0.15) is 0 Å². The van der Waals surface area contributed by atoms with Crippen molar-refractivity contribution in [1.29, 1.82) is 0 Å². The molecule has 102 valence electrons. The van der Waals surface area contributed by atoms with Gasteiger partial charge >= 0.3 is 0 Å². The molecule has 1 saturated heterocycles. The third-order valence-electron chi connectivity index (χ3n) is 3.97. The van der Waals surface area contributed by atoms with Gasteiger partial charge in [0.25, 0.3) is 0 Å². The fraction of sp³-hybridized carbons (Fsp3) is 1.00. The molecule has 0 amide bonds. The zero-order valence-electron chi connectivity index (χ0n) is 11.8. The smallest absolute Gasteiger partial charge is 0.0329 e. The van der Waals surface area contributed by atoms with Crippen LogP contribution in [0.25, 0.3) is 0 Å². The molecule has 1 N–H and O–H groups in total. The predicted octanol–water partition coefficient (Wildman–Crippen LogP) is 1.61. The minimum Gasteiger partial charge on any atom is -0.310 e. The molecule has 0 saturated carbocycles. The van der Waals surface area contributed by atoms with Gasteiger partial charge in [-0.3, -0.25) is 4.21 Å². The van der Waals surface area contributed by atoms with Gasteiger partial charge in [0, 0.05) is 34.4 Å². The van der Waals surface area contributed by atoms with E-state index in [1.54, 1.807) is 0 Å². The van der Waals surface area contributed by atoms with E-state index >= 15 is 0 Å². The lowest BCUT2D eigenvalue weighted by Gasteiger charge is -2.33. The number of rotatable bonds is 5. The normalized spacial score (nSPS) is 30.8. The van der Waals surface area contributed by atoms with Gasteiger partial charge in [0.15, 0.2) is 0 Å². The Kier molecular flexibility index (Phi) is 6.10. The number of nitrogens with one attached hydrogen (secondary N) is 1. The van der Waals surface area contributed by atoms with Crippen LogP contribution in [-0.4, -0.2) is 52.3 Å². The Hall–Kier alpha value is 0.0700. The van der Waals surface area contributed by atoms with Crippen molar-refractivity contribution in [3.8, 4) is 0 Å². The second-order valence-electron chi connectivity index (χ2n) is 5.57. The van der Waals surface area contributed by atoms with Crippen LogP contribution in [0.4, 0.5) is 0 Å². The largest absolute Gasteiger partial charge is 0.310 e. The van der Waals surface area contributed by atoms with Crippen LogP contribution in [0, 0.1) is 0 Å². The van der Waals surface area contributed by atoms with Gasteiger partial charge in [0.2, 0.25) is 0 Å². The molecular weight excluding hydrogens is 232 g/mol. The minimum atomic E-state index is -0.682. The maximum atomic E-state index is 11.3. The summed E-state index contributed by atoms with van der Waals surface area (Å²) in [7, 11) is -0.682. The summed E-state index contributed by atoms with van der Waals surface area (Å²) < 4.78 is 11.3. The molecule has 1 aliphatic heterocycles. The fourth-order valence-electron chi connectivity index (χ4n) is 2.28. The molecule has 0 aromatic carbocycles. The summed E-state index contributed by atoms with van der Waals surface area (Å²) in [6.45, 7) is 11.1. The standard InChI is InChI=1S/C13H28N2OS/c1-5-13(3)11-15(9-6-8-14-13)10-7-12(2)17(4)16/h12,14H,5-11H2,1-4H3. The summed E-state index contributed by atoms with van der Waals surface area (Å²) in [5.74, 6) is 0. The summed E-state index contributed by atoms with van der Waals surface area (Å²) in [6, 6.07) is 0. The fourth-order valence-corrected chi connectivity index (χ4v) is 2.72. The first-order valence-electron chi connectivity index (χ1n) is 6.76. The van der Waals surface area contributed by atoms with Crippen LogP contribution in [0.5, 0.6) is 0 Å². The van der Waals surface area contributed by atoms with E-state index in [9.17, 15) is 4.21 Å². The zero-order valence-corrected chi connectivity index (χ0v) is 12.6. The van der Waals surface area contributed by atoms with Crippen LogP contribution in [0.3, 0.4) is 0 Å². The lowest BCUT2D eigenvalue weighted by atomic mass is 9.98. The van der Waals surface area contributed by atoms with E-state index < -0.39 is 10.8 Å². The highest BCUT2D eigenvalue weighted by Crippen LogP contribution is 2.15. The Morgan fingerprint density at radius 3 is 2.82 bits per heavy atom. The molecule has 3 atom stereocenters. The van der Waals surface area contributed by atoms with Crippen molar-refractivity contribution < 1.29 is 4.21 Å². The Labute approximate surface area is 109 Å². The number of hydrogen-bond donors (Lipinski definition) is 1. The average Bonchev–Trinajstić information content (AvgIpc) is 2.48. The molecule has 1 heterocycles. The molecule has 1 fully saturated rings. The second-order valence-corrected chi connectivity index (χ2v) is 7.37. The van der Waals surface area contributed by atoms with Crippen molar-refractivity contribution in [2.75, 3.05) is 32.4 Å². The summed E-state index contributed by atoms with van der Waals surface area (Å²) >= 11 is 0. The Morgan fingerprint density at radius 1 is 1.53 bits per heavy atom. The van der Waals surface area contributed by atoms with Crippen molar-refractivity contribution in [3.05, 3.63) is 0 Å². The van der Waals surface area contributed by atoms with Gasteiger partial charge < -0.3 is 10.2 Å². The highest BCUT2D eigenvalue weighted by molar-refractivity contribution is 7.84. The summed E-state index contributed by atoms with van der Waals surface area (Å²) in [5, 5.41) is 3.96. The molecule has 0 radical (unpaired) electrons. The molecular formula is C13H28N2OS. The van der Waals surface area contributed by atoms with Crippen LogP contribution in [0.15, 0.2) is 0 Å². The number of nitrogens with zero attached hydrogens (tertiary/aromatic N) is 1. The van der Waals surface area contributed by atoms with Crippen LogP contribution in [0.1, 0.15) is 40.0 Å². The monoisotopic (exact) mass is 260 g/mol. The van der Waals surface area contributed by atoms with E-state index in [0.29, 0.717) is 5.25 Å². The summed E-state index contributed by atoms with van der Waals surface area (Å²) in [4.78, 5) is 2.53. The van der Waals surface area contributed by atoms with E-state index in [-0.39, 0.29) is 5.54 Å². The van der Waals surface area contributed by atoms with Gasteiger partial charge in [-0.05, 0) is 45.8 Å². The van der Waals surface area contributed by atoms with Crippen LogP contribution in [0.2, 0.25) is 0 Å². The molecule has 3 nitrogen and oxygen atoms in total. The zero-order chi connectivity index (χ0) is 12.9. The topological polar surface area (TPSA) is 32.3 Å². The van der Waals surface area contributed by atoms with Crippen molar-refractivity contribution in [2.24, 2.45) is 0 Å². The lowest BCUT2D eigenvalue weighted by molar-refractivity contribution is 0.213. The van der Waals surface area contributed by atoms with Gasteiger partial charge in [-0.15, -0.1) is 0 Å². The van der Waals surface area contributed by atoms with Crippen molar-refractivity contribution in [1.82, 2.24) is 10.2 Å². The van der Waals surface area contributed by atoms with Gasteiger partial charge in [0.1, 0.15) is 0 Å². The van der Waals surface area contributed by atoms with E-state index in [4.69, 9.17) is 0 Å². The SMILES string of the molecule is CCC1(C)CN(CCC(C)S(C)=O)CCCN1. The third-order valence-corrected chi connectivity index (χ3v) is 5.34. The van der Waals surface area contributed by atoms with Crippen LogP contribution in [-0.2, 0) is 10.8 Å². The highest BCUT2D eigenvalue weighted by Gasteiger charge is 2.26. The van der Waals surface area contributed by atoms with Gasteiger partial charge in [-0.1, -0.05) is 13.8 Å². The first kappa shape index (κ1) is 15.1. The number of hydrogen-bond acceptors (Lipinski definition) is 3. The maximum absolute atomic E-state index is 11.3. The maximum Gasteiger partial charge on any atom is 0.0329 e. The molecule has 4 heteroatoms. The molecule has 3 unspecified atom stereocenters. The Bertz CT molecular complexity index is 260. The Morgan fingerprint density at radius 2 is 2.24 bits per heavy atom. The van der Waals surface area contributed by atoms with Crippen LogP contribution < -0.4 is 5.32 Å². The lowest BCUT2D eigenvalue weighted by Crippen LogP contribution is -2.48. The van der Waals surface area contributed by atoms with E-state index in [2.05, 4.69) is 31.0 Å². The average molecular weight is 260 g/mol. The van der Waals surface area contributed by atoms with Crippen LogP contribution >= 0.6 is 0 Å². The van der Waals surface area contributed by atoms with Crippen molar-refractivity contribution in [2.45, 2.75) is 50.8 Å². The summed E-state index contributed by atoms with van der Waals surface area (Å²) in [5.41, 5.74) is 0.255. The Balaban J connectivity index is 2.44.